The topological polar surface area (TPSA) is 38.5 Å². The van der Waals surface area contributed by atoms with Crippen molar-refractivity contribution in [1.29, 1.82) is 0 Å². The maximum Gasteiger partial charge on any atom is 0.0589 e. The Kier molecular flexibility index (Phi) is 9.50. The molecule has 0 fully saturated rings. The highest BCUT2D eigenvalue weighted by atomic mass is 32.2. The van der Waals surface area contributed by atoms with Crippen LogP contribution in [0.2, 0.25) is 0 Å². The molecule has 0 aliphatic heterocycles. The summed E-state index contributed by atoms with van der Waals surface area (Å²) in [6.07, 6.45) is 1.17. The minimum absolute atomic E-state index is 0.823. The van der Waals surface area contributed by atoms with Crippen molar-refractivity contribution in [2.24, 2.45) is 5.14 Å². The number of likely N-dealkylation sites (N-methyl/N-ethyl adjacent to an activating group) is 1. The van der Waals surface area contributed by atoms with E-state index >= 15 is 0 Å². The summed E-state index contributed by atoms with van der Waals surface area (Å²) in [6.45, 7) is 6.25. The zero-order valence-corrected chi connectivity index (χ0v) is 8.90. The van der Waals surface area contributed by atoms with Crippen LogP contribution < -0.4 is 5.14 Å². The fourth-order valence-electron chi connectivity index (χ4n) is 1.02. The third kappa shape index (κ3) is 6.91. The van der Waals surface area contributed by atoms with Gasteiger partial charge < -0.3 is 9.64 Å². The fourth-order valence-corrected chi connectivity index (χ4v) is 1.32. The van der Waals surface area contributed by atoms with E-state index in [1.165, 1.54) is 18.4 Å². The summed E-state index contributed by atoms with van der Waals surface area (Å²) >= 11 is 1.42. The van der Waals surface area contributed by atoms with Crippen LogP contribution in [0.1, 0.15) is 13.3 Å². The molecule has 0 aromatic carbocycles. The predicted molar refractivity (Wildman–Crippen MR) is 55.3 cm³/mol. The van der Waals surface area contributed by atoms with Crippen molar-refractivity contribution in [3.8, 4) is 0 Å². The quantitative estimate of drug-likeness (QED) is 0.459. The van der Waals surface area contributed by atoms with Crippen molar-refractivity contribution in [3.63, 3.8) is 0 Å². The van der Waals surface area contributed by atoms with Gasteiger partial charge in [0.1, 0.15) is 0 Å². The average molecular weight is 192 g/mol. The molecule has 0 rings (SSSR count). The third-order valence-corrected chi connectivity index (χ3v) is 2.32. The number of nitrogens with two attached hydrogens (primary N) is 1. The molecule has 0 heterocycles. The van der Waals surface area contributed by atoms with Gasteiger partial charge in [-0.25, -0.2) is 0 Å². The molecule has 0 saturated heterocycles. The molecule has 0 aromatic heterocycles. The molecular weight excluding hydrogens is 172 g/mol. The second kappa shape index (κ2) is 9.32. The summed E-state index contributed by atoms with van der Waals surface area (Å²) < 4.78 is 5.01. The van der Waals surface area contributed by atoms with Crippen LogP contribution in [0.25, 0.3) is 0 Å². The lowest BCUT2D eigenvalue weighted by Crippen LogP contribution is -2.28. The van der Waals surface area contributed by atoms with E-state index in [2.05, 4.69) is 11.8 Å². The molecule has 0 aliphatic carbocycles. The number of rotatable bonds is 8. The Morgan fingerprint density at radius 3 is 2.67 bits per heavy atom. The second-order valence-electron chi connectivity index (χ2n) is 2.65. The standard InChI is InChI=1S/C8H20N2OS/c1-3-10(6-7-11-2)5-4-8-12-9/h3-9H2,1-2H3. The van der Waals surface area contributed by atoms with Crippen molar-refractivity contribution in [3.05, 3.63) is 0 Å². The van der Waals surface area contributed by atoms with Crippen LogP contribution in [-0.2, 0) is 4.74 Å². The Morgan fingerprint density at radius 2 is 2.17 bits per heavy atom. The SMILES string of the molecule is CCN(CCCSN)CCOC. The number of nitrogens with zero attached hydrogens (tertiary/aromatic N) is 1. The van der Waals surface area contributed by atoms with E-state index in [0.717, 1.165) is 32.0 Å². The maximum atomic E-state index is 5.33. The summed E-state index contributed by atoms with van der Waals surface area (Å²) in [7, 11) is 1.74. The Hall–Kier alpha value is 0.230. The van der Waals surface area contributed by atoms with Gasteiger partial charge in [-0.1, -0.05) is 18.9 Å². The van der Waals surface area contributed by atoms with E-state index in [1.54, 1.807) is 7.11 Å². The highest BCUT2D eigenvalue weighted by molar-refractivity contribution is 7.97. The normalized spacial score (nSPS) is 11.0. The molecule has 0 aliphatic rings. The number of methoxy groups -OCH3 is 1. The molecule has 0 aromatic rings. The lowest BCUT2D eigenvalue weighted by atomic mass is 10.4. The van der Waals surface area contributed by atoms with Gasteiger partial charge in [0.25, 0.3) is 0 Å². The lowest BCUT2D eigenvalue weighted by molar-refractivity contribution is 0.151. The number of ether oxygens (including phenoxy) is 1. The molecule has 0 unspecified atom stereocenters. The van der Waals surface area contributed by atoms with Crippen molar-refractivity contribution in [2.45, 2.75) is 13.3 Å². The molecule has 12 heavy (non-hydrogen) atoms. The van der Waals surface area contributed by atoms with E-state index in [9.17, 15) is 0 Å². The second-order valence-corrected chi connectivity index (χ2v) is 3.39. The summed E-state index contributed by atoms with van der Waals surface area (Å²) in [5, 5.41) is 5.33. The molecule has 2 N–H and O–H groups in total. The molecule has 0 bridgehead atoms. The van der Waals surface area contributed by atoms with E-state index in [1.807, 2.05) is 0 Å². The number of hydrogen-bond acceptors (Lipinski definition) is 4. The van der Waals surface area contributed by atoms with Crippen LogP contribution in [0.3, 0.4) is 0 Å². The molecule has 0 amide bonds. The van der Waals surface area contributed by atoms with E-state index in [-0.39, 0.29) is 0 Å². The van der Waals surface area contributed by atoms with Gasteiger partial charge in [0.2, 0.25) is 0 Å². The molecule has 0 atom stereocenters. The highest BCUT2D eigenvalue weighted by Crippen LogP contribution is 1.95. The fraction of sp³-hybridized carbons (Fsp3) is 1.00. The van der Waals surface area contributed by atoms with Gasteiger partial charge in [0, 0.05) is 19.4 Å². The van der Waals surface area contributed by atoms with Crippen molar-refractivity contribution in [2.75, 3.05) is 39.1 Å². The summed E-state index contributed by atoms with van der Waals surface area (Å²) in [4.78, 5) is 2.37. The van der Waals surface area contributed by atoms with Crippen LogP contribution in [0.4, 0.5) is 0 Å². The van der Waals surface area contributed by atoms with Gasteiger partial charge in [-0.05, 0) is 19.5 Å². The maximum absolute atomic E-state index is 5.33. The average Bonchev–Trinajstić information content (AvgIpc) is 2.11. The molecule has 0 spiro atoms. The molecule has 3 nitrogen and oxygen atoms in total. The zero-order chi connectivity index (χ0) is 9.23. The summed E-state index contributed by atoms with van der Waals surface area (Å²) in [6, 6.07) is 0. The molecule has 0 saturated carbocycles. The van der Waals surface area contributed by atoms with Crippen molar-refractivity contribution >= 4 is 11.9 Å². The monoisotopic (exact) mass is 192 g/mol. The zero-order valence-electron chi connectivity index (χ0n) is 8.08. The van der Waals surface area contributed by atoms with Crippen molar-refractivity contribution in [1.82, 2.24) is 4.90 Å². The van der Waals surface area contributed by atoms with Gasteiger partial charge in [-0.15, -0.1) is 0 Å². The van der Waals surface area contributed by atoms with Gasteiger partial charge >= 0.3 is 0 Å². The van der Waals surface area contributed by atoms with Crippen molar-refractivity contribution < 1.29 is 4.74 Å². The molecular formula is C8H20N2OS. The smallest absolute Gasteiger partial charge is 0.0589 e. The van der Waals surface area contributed by atoms with E-state index in [4.69, 9.17) is 9.88 Å². The van der Waals surface area contributed by atoms with E-state index < -0.39 is 0 Å². The Morgan fingerprint density at radius 1 is 1.42 bits per heavy atom. The Balaban J connectivity index is 3.26. The summed E-state index contributed by atoms with van der Waals surface area (Å²) in [5.74, 6) is 1.05. The Labute approximate surface area is 79.8 Å². The third-order valence-electron chi connectivity index (χ3n) is 1.80. The Bertz CT molecular complexity index is 93.1. The van der Waals surface area contributed by atoms with Gasteiger partial charge in [-0.3, -0.25) is 5.14 Å². The molecule has 74 valence electrons. The number of hydrogen-bond donors (Lipinski definition) is 1. The minimum atomic E-state index is 0.823. The largest absolute Gasteiger partial charge is 0.383 e. The lowest BCUT2D eigenvalue weighted by Gasteiger charge is -2.19. The van der Waals surface area contributed by atoms with Crippen LogP contribution >= 0.6 is 11.9 Å². The van der Waals surface area contributed by atoms with Crippen LogP contribution in [0.5, 0.6) is 0 Å². The minimum Gasteiger partial charge on any atom is -0.383 e. The summed E-state index contributed by atoms with van der Waals surface area (Å²) in [5.41, 5.74) is 0. The van der Waals surface area contributed by atoms with Crippen LogP contribution in [-0.4, -0.2) is 44.0 Å². The first-order valence-corrected chi connectivity index (χ1v) is 5.43. The van der Waals surface area contributed by atoms with Crippen LogP contribution in [0.15, 0.2) is 0 Å². The van der Waals surface area contributed by atoms with Gasteiger partial charge in [0.05, 0.1) is 6.61 Å². The van der Waals surface area contributed by atoms with Gasteiger partial charge in [-0.2, -0.15) is 0 Å². The highest BCUT2D eigenvalue weighted by Gasteiger charge is 2.00. The molecule has 0 radical (unpaired) electrons. The first kappa shape index (κ1) is 12.2. The van der Waals surface area contributed by atoms with E-state index in [0.29, 0.717) is 0 Å². The predicted octanol–water partition coefficient (Wildman–Crippen LogP) is 0.952. The van der Waals surface area contributed by atoms with Crippen LogP contribution in [0, 0.1) is 0 Å². The first-order chi connectivity index (χ1) is 5.85. The molecule has 4 heteroatoms. The van der Waals surface area contributed by atoms with Gasteiger partial charge in [0.15, 0.2) is 0 Å². The first-order valence-electron chi connectivity index (χ1n) is 4.38.